The lowest BCUT2D eigenvalue weighted by Gasteiger charge is -2.19. The van der Waals surface area contributed by atoms with Crippen molar-refractivity contribution in [2.24, 2.45) is 5.73 Å². The van der Waals surface area contributed by atoms with Crippen LogP contribution in [0.2, 0.25) is 0 Å². The summed E-state index contributed by atoms with van der Waals surface area (Å²) in [6.45, 7) is 5.74. The maximum Gasteiger partial charge on any atom is 0.0202 e. The fraction of sp³-hybridized carbons (Fsp3) is 1.00. The van der Waals surface area contributed by atoms with Gasteiger partial charge in [0.15, 0.2) is 0 Å². The standard InChI is InChI=1S/C6H15N2/c1-5(7)4-6(2,3)8/h5,7H,4,8H2,1-3H3. The summed E-state index contributed by atoms with van der Waals surface area (Å²) in [5.41, 5.74) is 12.6. The molecule has 0 rings (SSSR count). The van der Waals surface area contributed by atoms with E-state index in [0.717, 1.165) is 6.42 Å². The quantitative estimate of drug-likeness (QED) is 0.568. The van der Waals surface area contributed by atoms with E-state index in [4.69, 9.17) is 11.5 Å². The van der Waals surface area contributed by atoms with E-state index in [1.807, 2.05) is 20.8 Å². The molecule has 1 radical (unpaired) electrons. The topological polar surface area (TPSA) is 49.8 Å². The van der Waals surface area contributed by atoms with Gasteiger partial charge in [-0.15, -0.1) is 0 Å². The van der Waals surface area contributed by atoms with Gasteiger partial charge in [0, 0.05) is 11.6 Å². The zero-order chi connectivity index (χ0) is 6.78. The Morgan fingerprint density at radius 3 is 2.00 bits per heavy atom. The van der Waals surface area contributed by atoms with Gasteiger partial charge < -0.3 is 5.73 Å². The van der Waals surface area contributed by atoms with Crippen LogP contribution in [0.1, 0.15) is 27.2 Å². The summed E-state index contributed by atoms with van der Waals surface area (Å²) in [7, 11) is 0. The fourth-order valence-electron chi connectivity index (χ4n) is 0.789. The Kier molecular flexibility index (Phi) is 2.44. The summed E-state index contributed by atoms with van der Waals surface area (Å²) in [5.74, 6) is 0. The van der Waals surface area contributed by atoms with E-state index in [0.29, 0.717) is 0 Å². The molecule has 3 N–H and O–H groups in total. The summed E-state index contributed by atoms with van der Waals surface area (Å²) in [6.07, 6.45) is 0.771. The van der Waals surface area contributed by atoms with Crippen LogP contribution in [0.3, 0.4) is 0 Å². The van der Waals surface area contributed by atoms with Crippen molar-refractivity contribution < 1.29 is 0 Å². The van der Waals surface area contributed by atoms with Crippen molar-refractivity contribution in [3.63, 3.8) is 0 Å². The van der Waals surface area contributed by atoms with E-state index in [9.17, 15) is 0 Å². The Balaban J connectivity index is 3.39. The van der Waals surface area contributed by atoms with Crippen LogP contribution in [0.4, 0.5) is 0 Å². The summed E-state index contributed by atoms with van der Waals surface area (Å²) >= 11 is 0. The maximum absolute atomic E-state index is 7.15. The van der Waals surface area contributed by atoms with Gasteiger partial charge in [-0.3, -0.25) is 5.73 Å². The molecule has 2 heteroatoms. The van der Waals surface area contributed by atoms with E-state index in [-0.39, 0.29) is 11.6 Å². The molecule has 0 aliphatic heterocycles. The lowest BCUT2D eigenvalue weighted by molar-refractivity contribution is 0.431. The van der Waals surface area contributed by atoms with E-state index in [1.54, 1.807) is 0 Å². The molecule has 8 heavy (non-hydrogen) atoms. The van der Waals surface area contributed by atoms with Crippen LogP contribution < -0.4 is 11.5 Å². The summed E-state index contributed by atoms with van der Waals surface area (Å²) in [5, 5.41) is 0. The second-order valence-electron chi connectivity index (χ2n) is 3.09. The molecule has 0 fully saturated rings. The van der Waals surface area contributed by atoms with Gasteiger partial charge >= 0.3 is 0 Å². The van der Waals surface area contributed by atoms with Gasteiger partial charge in [0.25, 0.3) is 0 Å². The molecule has 1 unspecified atom stereocenters. The van der Waals surface area contributed by atoms with Gasteiger partial charge in [-0.25, -0.2) is 0 Å². The van der Waals surface area contributed by atoms with Gasteiger partial charge in [0.1, 0.15) is 0 Å². The van der Waals surface area contributed by atoms with Crippen LogP contribution >= 0.6 is 0 Å². The molecule has 0 spiro atoms. The molecule has 0 aliphatic rings. The van der Waals surface area contributed by atoms with E-state index in [2.05, 4.69) is 0 Å². The second-order valence-corrected chi connectivity index (χ2v) is 3.09. The maximum atomic E-state index is 7.15. The minimum absolute atomic E-state index is 0.0324. The van der Waals surface area contributed by atoms with Gasteiger partial charge in [-0.1, -0.05) is 0 Å². The largest absolute Gasteiger partial charge is 0.326 e. The molecular weight excluding hydrogens is 100 g/mol. The Labute approximate surface area is 51.2 Å². The average Bonchev–Trinajstić information content (AvgIpc) is 1.21. The zero-order valence-electron chi connectivity index (χ0n) is 5.86. The Bertz CT molecular complexity index is 61.4. The molecule has 0 saturated carbocycles. The normalized spacial score (nSPS) is 16.1. The SMILES string of the molecule is CC([NH])CC(C)(C)N. The molecular formula is C6H15N2. The summed E-state index contributed by atoms with van der Waals surface area (Å²) < 4.78 is 0. The molecule has 0 aromatic heterocycles. The fourth-order valence-corrected chi connectivity index (χ4v) is 0.789. The second kappa shape index (κ2) is 2.46. The smallest absolute Gasteiger partial charge is 0.0202 e. The number of nitrogens with two attached hydrogens (primary N) is 1. The zero-order valence-corrected chi connectivity index (χ0v) is 5.86. The highest BCUT2D eigenvalue weighted by Crippen LogP contribution is 2.05. The lowest BCUT2D eigenvalue weighted by Crippen LogP contribution is -2.35. The number of hydrogen-bond acceptors (Lipinski definition) is 1. The Morgan fingerprint density at radius 2 is 2.00 bits per heavy atom. The van der Waals surface area contributed by atoms with Gasteiger partial charge in [0.05, 0.1) is 0 Å². The van der Waals surface area contributed by atoms with E-state index < -0.39 is 0 Å². The molecule has 0 aromatic carbocycles. The lowest BCUT2D eigenvalue weighted by atomic mass is 9.98. The predicted octanol–water partition coefficient (Wildman–Crippen LogP) is 0.785. The van der Waals surface area contributed by atoms with Crippen molar-refractivity contribution in [2.75, 3.05) is 0 Å². The molecule has 0 saturated heterocycles. The molecule has 0 bridgehead atoms. The molecule has 1 atom stereocenters. The minimum atomic E-state index is -0.166. The Hall–Kier alpha value is -0.0800. The summed E-state index contributed by atoms with van der Waals surface area (Å²) in [6, 6.07) is -0.0324. The first-order valence-electron chi connectivity index (χ1n) is 2.92. The highest BCUT2D eigenvalue weighted by Gasteiger charge is 2.12. The van der Waals surface area contributed by atoms with E-state index >= 15 is 0 Å². The predicted molar refractivity (Wildman–Crippen MR) is 35.4 cm³/mol. The van der Waals surface area contributed by atoms with Crippen molar-refractivity contribution >= 4 is 0 Å². The molecule has 49 valence electrons. The third-order valence-electron chi connectivity index (χ3n) is 0.832. The van der Waals surface area contributed by atoms with Crippen LogP contribution in [-0.2, 0) is 0 Å². The average molecular weight is 115 g/mol. The van der Waals surface area contributed by atoms with Crippen molar-refractivity contribution in [1.82, 2.24) is 5.73 Å². The van der Waals surface area contributed by atoms with Gasteiger partial charge in [-0.05, 0) is 27.2 Å². The van der Waals surface area contributed by atoms with Crippen LogP contribution in [0.15, 0.2) is 0 Å². The van der Waals surface area contributed by atoms with Gasteiger partial charge in [-0.2, -0.15) is 0 Å². The van der Waals surface area contributed by atoms with Crippen molar-refractivity contribution in [1.29, 1.82) is 0 Å². The number of nitrogens with one attached hydrogen (secondary N) is 1. The molecule has 0 aromatic rings. The molecule has 2 nitrogen and oxygen atoms in total. The summed E-state index contributed by atoms with van der Waals surface area (Å²) in [4.78, 5) is 0. The minimum Gasteiger partial charge on any atom is -0.326 e. The molecule has 0 amide bonds. The van der Waals surface area contributed by atoms with Gasteiger partial charge in [0.2, 0.25) is 0 Å². The van der Waals surface area contributed by atoms with Crippen molar-refractivity contribution in [2.45, 2.75) is 38.8 Å². The van der Waals surface area contributed by atoms with E-state index in [1.165, 1.54) is 0 Å². The van der Waals surface area contributed by atoms with Crippen molar-refractivity contribution in [3.05, 3.63) is 0 Å². The van der Waals surface area contributed by atoms with Crippen molar-refractivity contribution in [3.8, 4) is 0 Å². The first-order valence-corrected chi connectivity index (χ1v) is 2.92. The van der Waals surface area contributed by atoms with Crippen LogP contribution in [-0.4, -0.2) is 11.6 Å². The molecule has 0 heterocycles. The first kappa shape index (κ1) is 7.92. The Morgan fingerprint density at radius 1 is 1.62 bits per heavy atom. The third kappa shape index (κ3) is 5.92. The van der Waals surface area contributed by atoms with Crippen LogP contribution in [0, 0.1) is 0 Å². The first-order chi connectivity index (χ1) is 3.42. The highest BCUT2D eigenvalue weighted by molar-refractivity contribution is 4.75. The van der Waals surface area contributed by atoms with Crippen LogP contribution in [0.5, 0.6) is 0 Å². The highest BCUT2D eigenvalue weighted by atomic mass is 14.7. The molecule has 0 aliphatic carbocycles. The number of rotatable bonds is 2. The third-order valence-corrected chi connectivity index (χ3v) is 0.832. The monoisotopic (exact) mass is 115 g/mol. The van der Waals surface area contributed by atoms with Crippen LogP contribution in [0.25, 0.3) is 0 Å². The number of hydrogen-bond donors (Lipinski definition) is 1.